The fraction of sp³-hybridized carbons (Fsp3) is 0.435. The molecule has 2 aromatic rings. The topological polar surface area (TPSA) is 50.8 Å². The number of hydrogen-bond acceptors (Lipinski definition) is 4. The molecule has 1 amide bonds. The summed E-state index contributed by atoms with van der Waals surface area (Å²) in [7, 11) is 3.32. The summed E-state index contributed by atoms with van der Waals surface area (Å²) in [5.41, 5.74) is 3.08. The normalized spacial score (nSPS) is 14.6. The van der Waals surface area contributed by atoms with Crippen molar-refractivity contribution in [2.75, 3.05) is 32.6 Å². The number of methoxy groups -OCH3 is 2. The maximum absolute atomic E-state index is 12.5. The molecule has 0 bridgehead atoms. The van der Waals surface area contributed by atoms with Gasteiger partial charge in [-0.3, -0.25) is 4.79 Å². The van der Waals surface area contributed by atoms with Gasteiger partial charge in [0.05, 0.1) is 20.6 Å². The minimum Gasteiger partial charge on any atom is -0.497 e. The Bertz CT molecular complexity index is 781. The quantitative estimate of drug-likeness (QED) is 0.783. The van der Waals surface area contributed by atoms with Crippen LogP contribution in [0.4, 0.5) is 5.69 Å². The standard InChI is InChI=1S/C23H30N2O3/c1-17-10-12-25(13-11-17)23(26)14-18-4-6-20(7-5-18)24-16-19-15-21(27-2)8-9-22(19)28-3/h4-9,15,17,24H,10-14,16H2,1-3H3. The number of anilines is 1. The highest BCUT2D eigenvalue weighted by atomic mass is 16.5. The minimum atomic E-state index is 0.230. The SMILES string of the molecule is COc1ccc(OC)c(CNc2ccc(CC(=O)N3CCC(C)CC3)cc2)c1. The zero-order chi connectivity index (χ0) is 19.9. The lowest BCUT2D eigenvalue weighted by molar-refractivity contribution is -0.131. The Morgan fingerprint density at radius 3 is 2.43 bits per heavy atom. The monoisotopic (exact) mass is 382 g/mol. The summed E-state index contributed by atoms with van der Waals surface area (Å²) in [6, 6.07) is 13.9. The summed E-state index contributed by atoms with van der Waals surface area (Å²) in [4.78, 5) is 14.5. The van der Waals surface area contributed by atoms with E-state index < -0.39 is 0 Å². The van der Waals surface area contributed by atoms with Crippen molar-refractivity contribution in [1.82, 2.24) is 4.90 Å². The van der Waals surface area contributed by atoms with Crippen molar-refractivity contribution in [2.24, 2.45) is 5.92 Å². The smallest absolute Gasteiger partial charge is 0.226 e. The predicted molar refractivity (Wildman–Crippen MR) is 112 cm³/mol. The summed E-state index contributed by atoms with van der Waals surface area (Å²) in [5, 5.41) is 3.40. The second-order valence-corrected chi connectivity index (χ2v) is 7.47. The average molecular weight is 383 g/mol. The van der Waals surface area contributed by atoms with E-state index >= 15 is 0 Å². The average Bonchev–Trinajstić information content (AvgIpc) is 2.73. The Hall–Kier alpha value is -2.69. The Morgan fingerprint density at radius 2 is 1.79 bits per heavy atom. The molecule has 1 aliphatic heterocycles. The minimum absolute atomic E-state index is 0.230. The first-order valence-electron chi connectivity index (χ1n) is 9.90. The maximum atomic E-state index is 12.5. The van der Waals surface area contributed by atoms with E-state index in [-0.39, 0.29) is 5.91 Å². The van der Waals surface area contributed by atoms with Gasteiger partial charge in [-0.25, -0.2) is 0 Å². The lowest BCUT2D eigenvalue weighted by Gasteiger charge is -2.30. The van der Waals surface area contributed by atoms with Crippen molar-refractivity contribution in [3.63, 3.8) is 0 Å². The van der Waals surface area contributed by atoms with Crippen LogP contribution >= 0.6 is 0 Å². The molecule has 0 atom stereocenters. The fourth-order valence-electron chi connectivity index (χ4n) is 3.50. The number of hydrogen-bond donors (Lipinski definition) is 1. The van der Waals surface area contributed by atoms with Crippen LogP contribution in [0, 0.1) is 5.92 Å². The van der Waals surface area contributed by atoms with Crippen molar-refractivity contribution in [1.29, 1.82) is 0 Å². The highest BCUT2D eigenvalue weighted by molar-refractivity contribution is 5.79. The summed E-state index contributed by atoms with van der Waals surface area (Å²) < 4.78 is 10.7. The van der Waals surface area contributed by atoms with E-state index in [0.717, 1.165) is 60.2 Å². The summed E-state index contributed by atoms with van der Waals surface area (Å²) in [6.45, 7) is 4.67. The second kappa shape index (κ2) is 9.49. The van der Waals surface area contributed by atoms with Gasteiger partial charge >= 0.3 is 0 Å². The first-order valence-corrected chi connectivity index (χ1v) is 9.90. The molecule has 1 fully saturated rings. The Kier molecular flexibility index (Phi) is 6.80. The third-order valence-corrected chi connectivity index (χ3v) is 5.42. The molecule has 1 saturated heterocycles. The molecule has 5 heteroatoms. The first-order chi connectivity index (χ1) is 13.6. The number of piperidine rings is 1. The third kappa shape index (κ3) is 5.18. The van der Waals surface area contributed by atoms with E-state index in [4.69, 9.17) is 9.47 Å². The molecule has 3 rings (SSSR count). The van der Waals surface area contributed by atoms with Gasteiger partial charge in [0.2, 0.25) is 5.91 Å². The third-order valence-electron chi connectivity index (χ3n) is 5.42. The van der Waals surface area contributed by atoms with E-state index in [1.807, 2.05) is 47.4 Å². The van der Waals surface area contributed by atoms with Crippen LogP contribution in [0.15, 0.2) is 42.5 Å². The van der Waals surface area contributed by atoms with Crippen LogP contribution in [0.5, 0.6) is 11.5 Å². The van der Waals surface area contributed by atoms with Crippen LogP contribution in [0.25, 0.3) is 0 Å². The molecule has 1 aliphatic rings. The van der Waals surface area contributed by atoms with Crippen LogP contribution in [0.2, 0.25) is 0 Å². The molecule has 5 nitrogen and oxygen atoms in total. The number of carbonyl (C=O) groups is 1. The summed E-state index contributed by atoms with van der Waals surface area (Å²) in [5.74, 6) is 2.59. The van der Waals surface area contributed by atoms with Gasteiger partial charge < -0.3 is 19.7 Å². The summed E-state index contributed by atoms with van der Waals surface area (Å²) in [6.07, 6.45) is 2.70. The highest BCUT2D eigenvalue weighted by Crippen LogP contribution is 2.25. The molecule has 0 aromatic heterocycles. The molecule has 1 heterocycles. The molecule has 1 N–H and O–H groups in total. The molecule has 28 heavy (non-hydrogen) atoms. The number of ether oxygens (including phenoxy) is 2. The van der Waals surface area contributed by atoms with Crippen molar-refractivity contribution in [2.45, 2.75) is 32.7 Å². The first kappa shape index (κ1) is 20.1. The van der Waals surface area contributed by atoms with E-state index in [2.05, 4.69) is 12.2 Å². The number of amides is 1. The molecule has 150 valence electrons. The van der Waals surface area contributed by atoms with Crippen LogP contribution in [0.3, 0.4) is 0 Å². The molecule has 0 saturated carbocycles. The molecule has 0 unspecified atom stereocenters. The number of rotatable bonds is 7. The Labute approximate surface area is 167 Å². The zero-order valence-electron chi connectivity index (χ0n) is 17.0. The fourth-order valence-corrected chi connectivity index (χ4v) is 3.50. The van der Waals surface area contributed by atoms with Crippen molar-refractivity contribution >= 4 is 11.6 Å². The van der Waals surface area contributed by atoms with Crippen molar-refractivity contribution in [3.8, 4) is 11.5 Å². The number of nitrogens with zero attached hydrogens (tertiary/aromatic N) is 1. The second-order valence-electron chi connectivity index (χ2n) is 7.47. The van der Waals surface area contributed by atoms with Gasteiger partial charge in [-0.15, -0.1) is 0 Å². The van der Waals surface area contributed by atoms with Crippen LogP contribution in [-0.2, 0) is 17.8 Å². The van der Waals surface area contributed by atoms with E-state index in [0.29, 0.717) is 13.0 Å². The number of nitrogens with one attached hydrogen (secondary N) is 1. The summed E-state index contributed by atoms with van der Waals surface area (Å²) >= 11 is 0. The zero-order valence-corrected chi connectivity index (χ0v) is 17.0. The van der Waals surface area contributed by atoms with Gasteiger partial charge in [0, 0.05) is 30.9 Å². The maximum Gasteiger partial charge on any atom is 0.226 e. The number of likely N-dealkylation sites (tertiary alicyclic amines) is 1. The van der Waals surface area contributed by atoms with Gasteiger partial charge in [0.1, 0.15) is 11.5 Å². The molecular weight excluding hydrogens is 352 g/mol. The van der Waals surface area contributed by atoms with Crippen LogP contribution in [0.1, 0.15) is 30.9 Å². The van der Waals surface area contributed by atoms with Crippen LogP contribution in [-0.4, -0.2) is 38.1 Å². The van der Waals surface area contributed by atoms with E-state index in [9.17, 15) is 4.79 Å². The molecule has 0 aliphatic carbocycles. The van der Waals surface area contributed by atoms with Gasteiger partial charge in [-0.2, -0.15) is 0 Å². The molecule has 0 spiro atoms. The van der Waals surface area contributed by atoms with Gasteiger partial charge in [-0.1, -0.05) is 19.1 Å². The van der Waals surface area contributed by atoms with E-state index in [1.165, 1.54) is 0 Å². The predicted octanol–water partition coefficient (Wildman–Crippen LogP) is 4.12. The van der Waals surface area contributed by atoms with Crippen molar-refractivity contribution in [3.05, 3.63) is 53.6 Å². The molecule has 2 aromatic carbocycles. The largest absolute Gasteiger partial charge is 0.497 e. The molecular formula is C23H30N2O3. The van der Waals surface area contributed by atoms with Gasteiger partial charge in [-0.05, 0) is 54.7 Å². The number of benzene rings is 2. The Balaban J connectivity index is 1.55. The van der Waals surface area contributed by atoms with Crippen molar-refractivity contribution < 1.29 is 14.3 Å². The van der Waals surface area contributed by atoms with Gasteiger partial charge in [0.25, 0.3) is 0 Å². The van der Waals surface area contributed by atoms with Crippen LogP contribution < -0.4 is 14.8 Å². The highest BCUT2D eigenvalue weighted by Gasteiger charge is 2.20. The number of carbonyl (C=O) groups excluding carboxylic acids is 1. The lowest BCUT2D eigenvalue weighted by Crippen LogP contribution is -2.38. The van der Waals surface area contributed by atoms with E-state index in [1.54, 1.807) is 14.2 Å². The molecule has 0 radical (unpaired) electrons. The Morgan fingerprint density at radius 1 is 1.07 bits per heavy atom. The lowest BCUT2D eigenvalue weighted by atomic mass is 9.98. The van der Waals surface area contributed by atoms with Gasteiger partial charge in [0.15, 0.2) is 0 Å².